The van der Waals surface area contributed by atoms with E-state index in [2.05, 4.69) is 46.0 Å². The van der Waals surface area contributed by atoms with Crippen LogP contribution in [0.2, 0.25) is 0 Å². The molecule has 0 saturated heterocycles. The van der Waals surface area contributed by atoms with Crippen LogP contribution in [-0.2, 0) is 13.0 Å². The number of aliphatic hydroxyl groups excluding tert-OH is 1. The van der Waals surface area contributed by atoms with Crippen molar-refractivity contribution in [3.8, 4) is 0 Å². The highest BCUT2D eigenvalue weighted by atomic mass is 16.3. The molecule has 0 amide bonds. The molecule has 3 rings (SSSR count). The standard InChI is InChI=1S/C16H21N3O/c1-2-14(13-6-4-3-5-7-13)16-18-17-15-9-8-12(11-20)10-19(15)16/h3-7,12,14,20H,2,8-11H2,1H3. The van der Waals surface area contributed by atoms with Crippen molar-refractivity contribution in [2.45, 2.75) is 38.6 Å². The molecule has 0 radical (unpaired) electrons. The molecule has 1 aromatic carbocycles. The van der Waals surface area contributed by atoms with Crippen LogP contribution in [0.3, 0.4) is 0 Å². The third-order valence-corrected chi connectivity index (χ3v) is 4.25. The lowest BCUT2D eigenvalue weighted by atomic mass is 9.94. The summed E-state index contributed by atoms with van der Waals surface area (Å²) in [5.74, 6) is 2.74. The first-order chi connectivity index (χ1) is 9.83. The third kappa shape index (κ3) is 2.36. The van der Waals surface area contributed by atoms with Gasteiger partial charge in [-0.05, 0) is 18.4 Å². The first-order valence-electron chi connectivity index (χ1n) is 7.41. The Morgan fingerprint density at radius 3 is 2.80 bits per heavy atom. The number of nitrogens with zero attached hydrogens (tertiary/aromatic N) is 3. The van der Waals surface area contributed by atoms with Gasteiger partial charge in [0.2, 0.25) is 0 Å². The van der Waals surface area contributed by atoms with Crippen LogP contribution in [0.5, 0.6) is 0 Å². The van der Waals surface area contributed by atoms with E-state index in [0.717, 1.165) is 37.5 Å². The summed E-state index contributed by atoms with van der Waals surface area (Å²) in [5, 5.41) is 18.2. The molecule has 1 aliphatic heterocycles. The molecule has 2 atom stereocenters. The van der Waals surface area contributed by atoms with E-state index < -0.39 is 0 Å². The molecular formula is C16H21N3O. The van der Waals surface area contributed by atoms with Crippen LogP contribution in [0.1, 0.15) is 42.9 Å². The molecule has 1 N–H and O–H groups in total. The maximum atomic E-state index is 9.40. The lowest BCUT2D eigenvalue weighted by Gasteiger charge is -2.24. The molecule has 4 nitrogen and oxygen atoms in total. The highest BCUT2D eigenvalue weighted by Gasteiger charge is 2.26. The maximum Gasteiger partial charge on any atom is 0.140 e. The zero-order chi connectivity index (χ0) is 13.9. The van der Waals surface area contributed by atoms with Gasteiger partial charge in [0.1, 0.15) is 11.6 Å². The van der Waals surface area contributed by atoms with Gasteiger partial charge in [-0.3, -0.25) is 0 Å². The van der Waals surface area contributed by atoms with Gasteiger partial charge in [-0.2, -0.15) is 0 Å². The van der Waals surface area contributed by atoms with Crippen molar-refractivity contribution in [1.82, 2.24) is 14.8 Å². The number of hydrogen-bond acceptors (Lipinski definition) is 3. The molecule has 1 aliphatic rings. The first kappa shape index (κ1) is 13.3. The van der Waals surface area contributed by atoms with Crippen LogP contribution < -0.4 is 0 Å². The minimum absolute atomic E-state index is 0.249. The summed E-state index contributed by atoms with van der Waals surface area (Å²) in [6.07, 6.45) is 2.94. The molecule has 0 spiro atoms. The summed E-state index contributed by atoms with van der Waals surface area (Å²) in [7, 11) is 0. The van der Waals surface area contributed by atoms with E-state index in [-0.39, 0.29) is 12.5 Å². The van der Waals surface area contributed by atoms with Crippen molar-refractivity contribution >= 4 is 0 Å². The third-order valence-electron chi connectivity index (χ3n) is 4.25. The molecule has 2 unspecified atom stereocenters. The molecule has 0 bridgehead atoms. The van der Waals surface area contributed by atoms with E-state index in [0.29, 0.717) is 5.92 Å². The topological polar surface area (TPSA) is 50.9 Å². The van der Waals surface area contributed by atoms with Crippen molar-refractivity contribution in [3.63, 3.8) is 0 Å². The van der Waals surface area contributed by atoms with Gasteiger partial charge in [0, 0.05) is 31.4 Å². The van der Waals surface area contributed by atoms with E-state index in [1.54, 1.807) is 0 Å². The van der Waals surface area contributed by atoms with Crippen LogP contribution in [0, 0.1) is 5.92 Å². The van der Waals surface area contributed by atoms with Crippen molar-refractivity contribution < 1.29 is 5.11 Å². The monoisotopic (exact) mass is 271 g/mol. The second-order valence-corrected chi connectivity index (χ2v) is 5.54. The lowest BCUT2D eigenvalue weighted by Crippen LogP contribution is -2.25. The summed E-state index contributed by atoms with van der Waals surface area (Å²) in [5.41, 5.74) is 1.29. The molecule has 1 aromatic heterocycles. The average molecular weight is 271 g/mol. The van der Waals surface area contributed by atoms with Gasteiger partial charge in [0.25, 0.3) is 0 Å². The van der Waals surface area contributed by atoms with Crippen LogP contribution in [-0.4, -0.2) is 26.5 Å². The van der Waals surface area contributed by atoms with Gasteiger partial charge in [0.05, 0.1) is 0 Å². The minimum Gasteiger partial charge on any atom is -0.396 e. The number of aromatic nitrogens is 3. The van der Waals surface area contributed by atoms with Gasteiger partial charge in [-0.15, -0.1) is 10.2 Å². The van der Waals surface area contributed by atoms with E-state index in [1.165, 1.54) is 5.56 Å². The number of benzene rings is 1. The average Bonchev–Trinajstić information content (AvgIpc) is 2.92. The van der Waals surface area contributed by atoms with Crippen molar-refractivity contribution in [1.29, 1.82) is 0 Å². The predicted molar refractivity (Wildman–Crippen MR) is 77.5 cm³/mol. The Bertz CT molecular complexity index is 564. The number of hydrogen-bond donors (Lipinski definition) is 1. The summed E-state index contributed by atoms with van der Waals surface area (Å²) >= 11 is 0. The minimum atomic E-state index is 0.249. The summed E-state index contributed by atoms with van der Waals surface area (Å²) in [4.78, 5) is 0. The van der Waals surface area contributed by atoms with E-state index in [4.69, 9.17) is 0 Å². The van der Waals surface area contributed by atoms with E-state index >= 15 is 0 Å². The molecule has 20 heavy (non-hydrogen) atoms. The molecule has 0 saturated carbocycles. The highest BCUT2D eigenvalue weighted by molar-refractivity contribution is 5.26. The Labute approximate surface area is 119 Å². The molecular weight excluding hydrogens is 250 g/mol. The zero-order valence-electron chi connectivity index (χ0n) is 11.9. The molecule has 0 aliphatic carbocycles. The predicted octanol–water partition coefficient (Wildman–Crippen LogP) is 2.37. The summed E-state index contributed by atoms with van der Waals surface area (Å²) in [6.45, 7) is 3.28. The van der Waals surface area contributed by atoms with Crippen LogP contribution >= 0.6 is 0 Å². The van der Waals surface area contributed by atoms with E-state index in [1.807, 2.05) is 6.07 Å². The Morgan fingerprint density at radius 1 is 1.30 bits per heavy atom. The summed E-state index contributed by atoms with van der Waals surface area (Å²) in [6, 6.07) is 10.5. The Hall–Kier alpha value is -1.68. The molecule has 106 valence electrons. The van der Waals surface area contributed by atoms with Gasteiger partial charge in [-0.25, -0.2) is 0 Å². The first-order valence-corrected chi connectivity index (χ1v) is 7.41. The second kappa shape index (κ2) is 5.75. The maximum absolute atomic E-state index is 9.40. The van der Waals surface area contributed by atoms with Gasteiger partial charge in [-0.1, -0.05) is 37.3 Å². The van der Waals surface area contributed by atoms with Crippen LogP contribution in [0.25, 0.3) is 0 Å². The zero-order valence-corrected chi connectivity index (χ0v) is 11.9. The Morgan fingerprint density at radius 2 is 2.10 bits per heavy atom. The van der Waals surface area contributed by atoms with Crippen molar-refractivity contribution in [2.75, 3.05) is 6.61 Å². The molecule has 2 heterocycles. The van der Waals surface area contributed by atoms with Gasteiger partial charge in [0.15, 0.2) is 0 Å². The fourth-order valence-electron chi connectivity index (χ4n) is 3.08. The fourth-order valence-corrected chi connectivity index (χ4v) is 3.08. The molecule has 2 aromatic rings. The molecule has 4 heteroatoms. The Balaban J connectivity index is 1.96. The highest BCUT2D eigenvalue weighted by Crippen LogP contribution is 2.29. The van der Waals surface area contributed by atoms with Crippen molar-refractivity contribution in [3.05, 3.63) is 47.5 Å². The number of fused-ring (bicyclic) bond motifs is 1. The number of aryl methyl sites for hydroxylation is 1. The molecule has 0 fully saturated rings. The van der Waals surface area contributed by atoms with Crippen LogP contribution in [0.15, 0.2) is 30.3 Å². The van der Waals surface area contributed by atoms with Gasteiger partial charge < -0.3 is 9.67 Å². The fraction of sp³-hybridized carbons (Fsp3) is 0.500. The lowest BCUT2D eigenvalue weighted by molar-refractivity contribution is 0.189. The number of aliphatic hydroxyl groups is 1. The smallest absolute Gasteiger partial charge is 0.140 e. The number of rotatable bonds is 4. The summed E-state index contributed by atoms with van der Waals surface area (Å²) < 4.78 is 2.23. The SMILES string of the molecule is CCC(c1ccccc1)c1nnc2n1CC(CO)CC2. The van der Waals surface area contributed by atoms with E-state index in [9.17, 15) is 5.11 Å². The van der Waals surface area contributed by atoms with Crippen molar-refractivity contribution in [2.24, 2.45) is 5.92 Å². The normalized spacial score (nSPS) is 19.6. The van der Waals surface area contributed by atoms with Gasteiger partial charge >= 0.3 is 0 Å². The Kier molecular flexibility index (Phi) is 3.83. The second-order valence-electron chi connectivity index (χ2n) is 5.54. The quantitative estimate of drug-likeness (QED) is 0.929. The largest absolute Gasteiger partial charge is 0.396 e. The van der Waals surface area contributed by atoms with Crippen LogP contribution in [0.4, 0.5) is 0 Å².